The Labute approximate surface area is 110 Å². The van der Waals surface area contributed by atoms with Gasteiger partial charge in [0.15, 0.2) is 0 Å². The summed E-state index contributed by atoms with van der Waals surface area (Å²) < 4.78 is 37.2. The molecule has 106 valence electrons. The zero-order valence-electron chi connectivity index (χ0n) is 10.8. The molecule has 0 spiro atoms. The van der Waals surface area contributed by atoms with Crippen molar-refractivity contribution in [2.24, 2.45) is 0 Å². The third-order valence-corrected chi connectivity index (χ3v) is 2.68. The van der Waals surface area contributed by atoms with Gasteiger partial charge in [-0.25, -0.2) is 0 Å². The fourth-order valence-electron chi connectivity index (χ4n) is 1.58. The molecule has 0 aromatic heterocycles. The molecule has 0 saturated heterocycles. The highest BCUT2D eigenvalue weighted by Gasteiger charge is 2.30. The van der Waals surface area contributed by atoms with Crippen molar-refractivity contribution in [1.29, 1.82) is 0 Å². The summed E-state index contributed by atoms with van der Waals surface area (Å²) in [5.74, 6) is -0.138. The molecule has 3 nitrogen and oxygen atoms in total. The molecule has 1 rings (SSSR count). The number of benzene rings is 1. The van der Waals surface area contributed by atoms with E-state index in [1.165, 1.54) is 12.1 Å². The lowest BCUT2D eigenvalue weighted by Gasteiger charge is -2.15. The Morgan fingerprint density at radius 2 is 1.84 bits per heavy atom. The first kappa shape index (κ1) is 15.5. The maximum absolute atomic E-state index is 12.4. The Bertz CT molecular complexity index is 415. The third-order valence-electron chi connectivity index (χ3n) is 2.68. The van der Waals surface area contributed by atoms with Crippen LogP contribution in [-0.4, -0.2) is 19.0 Å². The molecule has 1 amide bonds. The largest absolute Gasteiger partial charge is 0.416 e. The van der Waals surface area contributed by atoms with Crippen LogP contribution in [0.25, 0.3) is 0 Å². The van der Waals surface area contributed by atoms with E-state index in [4.69, 9.17) is 0 Å². The average molecular weight is 274 g/mol. The Hall–Kier alpha value is -1.56. The van der Waals surface area contributed by atoms with Crippen LogP contribution in [0.3, 0.4) is 0 Å². The van der Waals surface area contributed by atoms with E-state index in [1.807, 2.05) is 6.92 Å². The number of alkyl halides is 3. The summed E-state index contributed by atoms with van der Waals surface area (Å²) in [6, 6.07) is 4.72. The molecular formula is C13H17F3N2O. The van der Waals surface area contributed by atoms with Crippen LogP contribution in [0, 0.1) is 0 Å². The van der Waals surface area contributed by atoms with E-state index >= 15 is 0 Å². The second-order valence-electron chi connectivity index (χ2n) is 4.18. The lowest BCUT2D eigenvalue weighted by Crippen LogP contribution is -2.34. The molecule has 19 heavy (non-hydrogen) atoms. The SMILES string of the molecule is CCNC(=O)CNC(C)c1ccc(C(F)(F)F)cc1. The van der Waals surface area contributed by atoms with E-state index in [0.29, 0.717) is 12.1 Å². The minimum Gasteiger partial charge on any atom is -0.355 e. The lowest BCUT2D eigenvalue weighted by atomic mass is 10.1. The molecule has 0 aliphatic carbocycles. The molecule has 0 saturated carbocycles. The second-order valence-corrected chi connectivity index (χ2v) is 4.18. The lowest BCUT2D eigenvalue weighted by molar-refractivity contribution is -0.137. The molecule has 0 fully saturated rings. The fourth-order valence-corrected chi connectivity index (χ4v) is 1.58. The van der Waals surface area contributed by atoms with E-state index in [2.05, 4.69) is 10.6 Å². The summed E-state index contributed by atoms with van der Waals surface area (Å²) in [5.41, 5.74) is 0.0319. The van der Waals surface area contributed by atoms with Crippen molar-refractivity contribution >= 4 is 5.91 Å². The van der Waals surface area contributed by atoms with Crippen molar-refractivity contribution in [3.05, 3.63) is 35.4 Å². The van der Waals surface area contributed by atoms with Gasteiger partial charge >= 0.3 is 6.18 Å². The van der Waals surface area contributed by atoms with Crippen LogP contribution in [-0.2, 0) is 11.0 Å². The molecule has 1 aromatic carbocycles. The van der Waals surface area contributed by atoms with Crippen molar-refractivity contribution in [2.45, 2.75) is 26.1 Å². The Balaban J connectivity index is 2.58. The van der Waals surface area contributed by atoms with Crippen molar-refractivity contribution in [1.82, 2.24) is 10.6 Å². The van der Waals surface area contributed by atoms with E-state index in [1.54, 1.807) is 6.92 Å². The number of rotatable bonds is 5. The van der Waals surface area contributed by atoms with Gasteiger partial charge in [-0.2, -0.15) is 13.2 Å². The maximum atomic E-state index is 12.4. The molecule has 1 aromatic rings. The number of carbonyl (C=O) groups excluding carboxylic acids is 1. The molecule has 2 N–H and O–H groups in total. The molecule has 0 bridgehead atoms. The van der Waals surface area contributed by atoms with Crippen LogP contribution in [0.4, 0.5) is 13.2 Å². The van der Waals surface area contributed by atoms with E-state index < -0.39 is 11.7 Å². The predicted octanol–water partition coefficient (Wildman–Crippen LogP) is 2.49. The molecule has 6 heteroatoms. The predicted molar refractivity (Wildman–Crippen MR) is 66.5 cm³/mol. The van der Waals surface area contributed by atoms with Crippen LogP contribution < -0.4 is 10.6 Å². The van der Waals surface area contributed by atoms with Gasteiger partial charge in [-0.05, 0) is 31.5 Å². The van der Waals surface area contributed by atoms with E-state index in [-0.39, 0.29) is 18.5 Å². The van der Waals surface area contributed by atoms with Crippen molar-refractivity contribution < 1.29 is 18.0 Å². The Morgan fingerprint density at radius 1 is 1.26 bits per heavy atom. The number of hydrogen-bond acceptors (Lipinski definition) is 2. The normalized spacial score (nSPS) is 13.1. The highest BCUT2D eigenvalue weighted by molar-refractivity contribution is 5.77. The monoisotopic (exact) mass is 274 g/mol. The maximum Gasteiger partial charge on any atom is 0.416 e. The smallest absolute Gasteiger partial charge is 0.355 e. The molecule has 0 heterocycles. The van der Waals surface area contributed by atoms with Gasteiger partial charge in [-0.15, -0.1) is 0 Å². The summed E-state index contributed by atoms with van der Waals surface area (Å²) in [6.07, 6.45) is -4.32. The molecule has 0 aliphatic rings. The van der Waals surface area contributed by atoms with Gasteiger partial charge in [-0.1, -0.05) is 12.1 Å². The topological polar surface area (TPSA) is 41.1 Å². The average Bonchev–Trinajstić information content (AvgIpc) is 2.35. The van der Waals surface area contributed by atoms with Crippen LogP contribution in [0.15, 0.2) is 24.3 Å². The zero-order valence-corrected chi connectivity index (χ0v) is 10.8. The van der Waals surface area contributed by atoms with Gasteiger partial charge in [0, 0.05) is 12.6 Å². The summed E-state index contributed by atoms with van der Waals surface area (Å²) in [7, 11) is 0. The van der Waals surface area contributed by atoms with Crippen LogP contribution in [0.2, 0.25) is 0 Å². The number of carbonyl (C=O) groups is 1. The zero-order chi connectivity index (χ0) is 14.5. The highest BCUT2D eigenvalue weighted by Crippen LogP contribution is 2.29. The minimum atomic E-state index is -4.32. The summed E-state index contributed by atoms with van der Waals surface area (Å²) in [4.78, 5) is 11.2. The first-order valence-corrected chi connectivity index (χ1v) is 6.01. The standard InChI is InChI=1S/C13H17F3N2O/c1-3-17-12(19)8-18-9(2)10-4-6-11(7-5-10)13(14,15)16/h4-7,9,18H,3,8H2,1-2H3,(H,17,19). The summed E-state index contributed by atoms with van der Waals surface area (Å²) >= 11 is 0. The fraction of sp³-hybridized carbons (Fsp3) is 0.462. The van der Waals surface area contributed by atoms with Gasteiger partial charge in [0.25, 0.3) is 0 Å². The third kappa shape index (κ3) is 4.90. The highest BCUT2D eigenvalue weighted by atomic mass is 19.4. The first-order chi connectivity index (χ1) is 8.84. The summed E-state index contributed by atoms with van der Waals surface area (Å²) in [6.45, 7) is 4.30. The van der Waals surface area contributed by atoms with E-state index in [9.17, 15) is 18.0 Å². The van der Waals surface area contributed by atoms with Gasteiger partial charge in [0.05, 0.1) is 12.1 Å². The molecule has 1 unspecified atom stereocenters. The Morgan fingerprint density at radius 3 is 2.32 bits per heavy atom. The Kier molecular flexibility index (Phi) is 5.35. The van der Waals surface area contributed by atoms with E-state index in [0.717, 1.165) is 12.1 Å². The van der Waals surface area contributed by atoms with Crippen LogP contribution >= 0.6 is 0 Å². The first-order valence-electron chi connectivity index (χ1n) is 6.01. The molecule has 0 aliphatic heterocycles. The number of amides is 1. The summed E-state index contributed by atoms with van der Waals surface area (Å²) in [5, 5.41) is 5.58. The number of nitrogens with one attached hydrogen (secondary N) is 2. The molecule has 1 atom stereocenters. The van der Waals surface area contributed by atoms with Crippen molar-refractivity contribution in [2.75, 3.05) is 13.1 Å². The second kappa shape index (κ2) is 6.56. The van der Waals surface area contributed by atoms with Gasteiger partial charge in [0.2, 0.25) is 5.91 Å². The van der Waals surface area contributed by atoms with Gasteiger partial charge < -0.3 is 10.6 Å². The van der Waals surface area contributed by atoms with Crippen molar-refractivity contribution in [3.8, 4) is 0 Å². The number of likely N-dealkylation sites (N-methyl/N-ethyl adjacent to an activating group) is 1. The van der Waals surface area contributed by atoms with Crippen LogP contribution in [0.5, 0.6) is 0 Å². The molecule has 0 radical (unpaired) electrons. The number of halogens is 3. The van der Waals surface area contributed by atoms with Gasteiger partial charge in [0.1, 0.15) is 0 Å². The van der Waals surface area contributed by atoms with Crippen molar-refractivity contribution in [3.63, 3.8) is 0 Å². The van der Waals surface area contributed by atoms with Crippen LogP contribution in [0.1, 0.15) is 31.0 Å². The van der Waals surface area contributed by atoms with Gasteiger partial charge in [-0.3, -0.25) is 4.79 Å². The quantitative estimate of drug-likeness (QED) is 0.866. The molecular weight excluding hydrogens is 257 g/mol. The number of hydrogen-bond donors (Lipinski definition) is 2. The minimum absolute atomic E-state index is 0.135.